The lowest BCUT2D eigenvalue weighted by atomic mass is 10.1. The van der Waals surface area contributed by atoms with E-state index in [1.165, 1.54) is 12.1 Å². The molecular weight excluding hydrogens is 357 g/mol. The summed E-state index contributed by atoms with van der Waals surface area (Å²) >= 11 is 6.09. The van der Waals surface area contributed by atoms with Crippen LogP contribution < -0.4 is 4.90 Å². The average molecular weight is 371 g/mol. The highest BCUT2D eigenvalue weighted by Crippen LogP contribution is 2.41. The Morgan fingerprint density at radius 3 is 2.68 bits per heavy atom. The molecule has 8 heteroatoms. The molecule has 1 fully saturated rings. The van der Waals surface area contributed by atoms with Crippen molar-refractivity contribution in [2.24, 2.45) is 0 Å². The van der Waals surface area contributed by atoms with Gasteiger partial charge in [0.1, 0.15) is 5.69 Å². The van der Waals surface area contributed by atoms with Gasteiger partial charge in [-0.15, -0.1) is 0 Å². The van der Waals surface area contributed by atoms with Gasteiger partial charge in [0.05, 0.1) is 28.0 Å². The molecule has 0 radical (unpaired) electrons. The summed E-state index contributed by atoms with van der Waals surface area (Å²) in [5.74, 6) is -1.13. The lowest BCUT2D eigenvalue weighted by Gasteiger charge is -2.28. The molecule has 1 aromatic carbocycles. The Morgan fingerprint density at radius 1 is 1.28 bits per heavy atom. The van der Waals surface area contributed by atoms with Crippen LogP contribution in [0.25, 0.3) is 0 Å². The highest BCUT2D eigenvalue weighted by Gasteiger charge is 2.33. The minimum Gasteiger partial charge on any atom is -0.477 e. The second kappa shape index (κ2) is 6.55. The SMILES string of the molecule is O=C(O)c1cccc(C2CCCN2c2ccc(C(F)(F)F)cc2Cl)n1. The van der Waals surface area contributed by atoms with Crippen molar-refractivity contribution < 1.29 is 23.1 Å². The number of benzene rings is 1. The zero-order chi connectivity index (χ0) is 18.2. The molecule has 0 spiro atoms. The third-order valence-electron chi connectivity index (χ3n) is 4.17. The van der Waals surface area contributed by atoms with Gasteiger partial charge in [-0.1, -0.05) is 17.7 Å². The Bertz CT molecular complexity index is 811. The Hall–Kier alpha value is -2.28. The third kappa shape index (κ3) is 3.56. The van der Waals surface area contributed by atoms with E-state index in [4.69, 9.17) is 16.7 Å². The van der Waals surface area contributed by atoms with Gasteiger partial charge in [-0.2, -0.15) is 13.2 Å². The van der Waals surface area contributed by atoms with E-state index in [-0.39, 0.29) is 16.8 Å². The largest absolute Gasteiger partial charge is 0.477 e. The molecule has 1 atom stereocenters. The fourth-order valence-corrected chi connectivity index (χ4v) is 3.32. The normalized spacial score (nSPS) is 17.8. The second-order valence-electron chi connectivity index (χ2n) is 5.77. The van der Waals surface area contributed by atoms with Gasteiger partial charge in [0.15, 0.2) is 0 Å². The number of aromatic nitrogens is 1. The van der Waals surface area contributed by atoms with Crippen molar-refractivity contribution in [2.45, 2.75) is 25.1 Å². The number of nitrogens with zero attached hydrogens (tertiary/aromatic N) is 2. The van der Waals surface area contributed by atoms with E-state index >= 15 is 0 Å². The first-order chi connectivity index (χ1) is 11.8. The van der Waals surface area contributed by atoms with Gasteiger partial charge in [-0.3, -0.25) is 0 Å². The van der Waals surface area contributed by atoms with Crippen molar-refractivity contribution in [2.75, 3.05) is 11.4 Å². The Labute approximate surface area is 146 Å². The van der Waals surface area contributed by atoms with Gasteiger partial charge in [-0.25, -0.2) is 9.78 Å². The number of hydrogen-bond acceptors (Lipinski definition) is 3. The smallest absolute Gasteiger partial charge is 0.416 e. The molecule has 132 valence electrons. The van der Waals surface area contributed by atoms with Crippen LogP contribution in [-0.2, 0) is 6.18 Å². The number of pyridine rings is 1. The van der Waals surface area contributed by atoms with Gasteiger partial charge in [0.2, 0.25) is 0 Å². The van der Waals surface area contributed by atoms with Crippen LogP contribution >= 0.6 is 11.6 Å². The molecule has 2 heterocycles. The first kappa shape index (κ1) is 17.5. The zero-order valence-corrected chi connectivity index (χ0v) is 13.7. The van der Waals surface area contributed by atoms with Gasteiger partial charge >= 0.3 is 12.1 Å². The number of halogens is 4. The van der Waals surface area contributed by atoms with E-state index in [1.807, 2.05) is 4.90 Å². The Balaban J connectivity index is 1.95. The summed E-state index contributed by atoms with van der Waals surface area (Å²) < 4.78 is 38.4. The summed E-state index contributed by atoms with van der Waals surface area (Å²) in [5.41, 5.74) is 0.180. The van der Waals surface area contributed by atoms with E-state index in [0.717, 1.165) is 18.6 Å². The monoisotopic (exact) mass is 370 g/mol. The molecule has 0 amide bonds. The lowest BCUT2D eigenvalue weighted by Crippen LogP contribution is -2.24. The fraction of sp³-hybridized carbons (Fsp3) is 0.294. The van der Waals surface area contributed by atoms with Crippen LogP contribution in [0.5, 0.6) is 0 Å². The van der Waals surface area contributed by atoms with Crippen LogP contribution in [0.4, 0.5) is 18.9 Å². The molecule has 0 bridgehead atoms. The van der Waals surface area contributed by atoms with Crippen LogP contribution in [0.1, 0.15) is 40.6 Å². The number of carboxylic acids is 1. The maximum atomic E-state index is 12.8. The highest BCUT2D eigenvalue weighted by atomic mass is 35.5. The minimum atomic E-state index is -4.45. The predicted molar refractivity (Wildman–Crippen MR) is 87.0 cm³/mol. The van der Waals surface area contributed by atoms with Crippen molar-refractivity contribution in [1.82, 2.24) is 4.98 Å². The summed E-state index contributed by atoms with van der Waals surface area (Å²) in [5, 5.41) is 9.09. The van der Waals surface area contributed by atoms with Crippen LogP contribution in [0.3, 0.4) is 0 Å². The van der Waals surface area contributed by atoms with Crippen LogP contribution in [-0.4, -0.2) is 22.6 Å². The minimum absolute atomic E-state index is 0.0103. The van der Waals surface area contributed by atoms with Crippen LogP contribution in [0, 0.1) is 0 Å². The molecule has 1 saturated heterocycles. The summed E-state index contributed by atoms with van der Waals surface area (Å²) in [4.78, 5) is 17.1. The topological polar surface area (TPSA) is 53.4 Å². The number of aromatic carboxylic acids is 1. The van der Waals surface area contributed by atoms with Gasteiger partial charge in [-0.05, 0) is 43.2 Å². The molecule has 1 aliphatic rings. The van der Waals surface area contributed by atoms with Crippen molar-refractivity contribution in [1.29, 1.82) is 0 Å². The maximum absolute atomic E-state index is 12.8. The Kier molecular flexibility index (Phi) is 4.60. The maximum Gasteiger partial charge on any atom is 0.416 e. The van der Waals surface area contributed by atoms with Crippen LogP contribution in [0.2, 0.25) is 5.02 Å². The van der Waals surface area contributed by atoms with Crippen LogP contribution in [0.15, 0.2) is 36.4 Å². The zero-order valence-electron chi connectivity index (χ0n) is 12.9. The number of hydrogen-bond donors (Lipinski definition) is 1. The molecule has 25 heavy (non-hydrogen) atoms. The molecule has 4 nitrogen and oxygen atoms in total. The second-order valence-corrected chi connectivity index (χ2v) is 6.18. The van der Waals surface area contributed by atoms with Gasteiger partial charge < -0.3 is 10.0 Å². The van der Waals surface area contributed by atoms with E-state index in [2.05, 4.69) is 4.98 Å². The number of carbonyl (C=O) groups is 1. The molecule has 0 saturated carbocycles. The summed E-state index contributed by atoms with van der Waals surface area (Å²) in [6, 6.07) is 7.75. The first-order valence-electron chi connectivity index (χ1n) is 7.61. The van der Waals surface area contributed by atoms with Gasteiger partial charge in [0.25, 0.3) is 0 Å². The molecule has 0 aliphatic carbocycles. The molecule has 1 aliphatic heterocycles. The van der Waals surface area contributed by atoms with E-state index in [1.54, 1.807) is 12.1 Å². The number of anilines is 1. The summed E-state index contributed by atoms with van der Waals surface area (Å²) in [7, 11) is 0. The Morgan fingerprint density at radius 2 is 2.04 bits per heavy atom. The predicted octanol–water partition coefficient (Wildman–Crippen LogP) is 4.79. The van der Waals surface area contributed by atoms with E-state index < -0.39 is 17.7 Å². The van der Waals surface area contributed by atoms with Crippen molar-refractivity contribution in [3.05, 3.63) is 58.4 Å². The highest BCUT2D eigenvalue weighted by molar-refractivity contribution is 6.33. The van der Waals surface area contributed by atoms with Crippen molar-refractivity contribution in [3.63, 3.8) is 0 Å². The molecule has 3 rings (SSSR count). The van der Waals surface area contributed by atoms with E-state index in [9.17, 15) is 18.0 Å². The summed E-state index contributed by atoms with van der Waals surface area (Å²) in [6.45, 7) is 0.606. The molecule has 1 N–H and O–H groups in total. The standard InChI is InChI=1S/C17H14ClF3N2O2/c18-11-9-10(17(19,20)21)6-7-14(11)23-8-2-5-15(23)12-3-1-4-13(22-12)16(24)25/h1,3-4,6-7,9,15H,2,5,8H2,(H,24,25). The number of rotatable bonds is 3. The number of alkyl halides is 3. The quantitative estimate of drug-likeness (QED) is 0.843. The molecule has 1 unspecified atom stereocenters. The first-order valence-corrected chi connectivity index (χ1v) is 7.99. The third-order valence-corrected chi connectivity index (χ3v) is 4.47. The number of carboxylic acid groups (broad SMARTS) is 1. The van der Waals surface area contributed by atoms with Gasteiger partial charge in [0, 0.05) is 6.54 Å². The van der Waals surface area contributed by atoms with Crippen molar-refractivity contribution in [3.8, 4) is 0 Å². The van der Waals surface area contributed by atoms with Crippen molar-refractivity contribution >= 4 is 23.3 Å². The average Bonchev–Trinajstić information content (AvgIpc) is 3.03. The molecule has 1 aromatic heterocycles. The molecule has 2 aromatic rings. The fourth-order valence-electron chi connectivity index (χ4n) is 3.03. The summed E-state index contributed by atoms with van der Waals surface area (Å²) in [6.07, 6.45) is -2.93. The molecular formula is C17H14ClF3N2O2. The van der Waals surface area contributed by atoms with E-state index in [0.29, 0.717) is 24.3 Å². The lowest BCUT2D eigenvalue weighted by molar-refractivity contribution is -0.137.